The van der Waals surface area contributed by atoms with E-state index in [0.29, 0.717) is 5.69 Å². The normalized spacial score (nSPS) is 13.5. The third kappa shape index (κ3) is 3.48. The summed E-state index contributed by atoms with van der Waals surface area (Å²) in [5.41, 5.74) is 0.477. The Morgan fingerprint density at radius 3 is 2.73 bits per heavy atom. The molecule has 15 heavy (non-hydrogen) atoms. The van der Waals surface area contributed by atoms with Crippen molar-refractivity contribution in [1.82, 2.24) is 0 Å². The van der Waals surface area contributed by atoms with E-state index in [9.17, 15) is 8.42 Å². The molecule has 0 aliphatic heterocycles. The molecule has 0 aliphatic rings. The van der Waals surface area contributed by atoms with Crippen LogP contribution in [0.4, 0.5) is 5.69 Å². The maximum Gasteiger partial charge on any atom is 0.237 e. The van der Waals surface area contributed by atoms with Crippen LogP contribution in [0.2, 0.25) is 0 Å². The number of sulfonamides is 1. The van der Waals surface area contributed by atoms with E-state index in [4.69, 9.17) is 5.11 Å². The molecule has 1 atom stereocenters. The van der Waals surface area contributed by atoms with Gasteiger partial charge in [0, 0.05) is 10.2 Å². The quantitative estimate of drug-likeness (QED) is 0.886. The standard InChI is InChI=1S/C9H12BrNO3S/c1-7(6-12)15(13,14)11-9-4-2-3-8(10)5-9/h2-5,7,11-12H,6H2,1H3. The van der Waals surface area contributed by atoms with Crippen LogP contribution in [0.1, 0.15) is 6.92 Å². The van der Waals surface area contributed by atoms with Crippen molar-refractivity contribution in [2.24, 2.45) is 0 Å². The zero-order chi connectivity index (χ0) is 11.5. The predicted octanol–water partition coefficient (Wildman–Crippen LogP) is 1.57. The third-order valence-corrected chi connectivity index (χ3v) is 4.09. The van der Waals surface area contributed by atoms with Gasteiger partial charge in [-0.2, -0.15) is 0 Å². The van der Waals surface area contributed by atoms with Crippen molar-refractivity contribution in [2.45, 2.75) is 12.2 Å². The molecule has 4 nitrogen and oxygen atoms in total. The van der Waals surface area contributed by atoms with Gasteiger partial charge in [0.1, 0.15) is 5.25 Å². The maximum absolute atomic E-state index is 11.6. The second-order valence-corrected chi connectivity index (χ2v) is 6.17. The Hall–Kier alpha value is -0.590. The van der Waals surface area contributed by atoms with Crippen molar-refractivity contribution in [3.8, 4) is 0 Å². The smallest absolute Gasteiger partial charge is 0.237 e. The van der Waals surface area contributed by atoms with Gasteiger partial charge in [-0.25, -0.2) is 8.42 Å². The first-order valence-electron chi connectivity index (χ1n) is 4.34. The van der Waals surface area contributed by atoms with E-state index in [1.165, 1.54) is 6.92 Å². The third-order valence-electron chi connectivity index (χ3n) is 1.87. The lowest BCUT2D eigenvalue weighted by atomic mass is 10.3. The fourth-order valence-electron chi connectivity index (χ4n) is 0.915. The summed E-state index contributed by atoms with van der Waals surface area (Å²) in [7, 11) is -3.50. The number of rotatable bonds is 4. The van der Waals surface area contributed by atoms with Crippen LogP contribution in [0.5, 0.6) is 0 Å². The Kier molecular flexibility index (Phi) is 4.12. The van der Waals surface area contributed by atoms with Gasteiger partial charge in [0.2, 0.25) is 10.0 Å². The van der Waals surface area contributed by atoms with Crippen molar-refractivity contribution in [2.75, 3.05) is 11.3 Å². The van der Waals surface area contributed by atoms with E-state index < -0.39 is 21.9 Å². The van der Waals surface area contributed by atoms with E-state index >= 15 is 0 Å². The zero-order valence-corrected chi connectivity index (χ0v) is 10.5. The molecule has 0 amide bonds. The van der Waals surface area contributed by atoms with Crippen molar-refractivity contribution < 1.29 is 13.5 Å². The van der Waals surface area contributed by atoms with E-state index in [-0.39, 0.29) is 0 Å². The molecule has 6 heteroatoms. The number of hydrogen-bond donors (Lipinski definition) is 2. The molecule has 0 spiro atoms. The number of nitrogens with one attached hydrogen (secondary N) is 1. The van der Waals surface area contributed by atoms with Gasteiger partial charge < -0.3 is 5.11 Å². The molecule has 0 fully saturated rings. The largest absolute Gasteiger partial charge is 0.395 e. The molecule has 84 valence electrons. The van der Waals surface area contributed by atoms with Gasteiger partial charge in [0.15, 0.2) is 0 Å². The average Bonchev–Trinajstić information content (AvgIpc) is 2.15. The first-order chi connectivity index (χ1) is 6.95. The van der Waals surface area contributed by atoms with Crippen LogP contribution in [0.15, 0.2) is 28.7 Å². The Labute approximate surface area is 97.5 Å². The summed E-state index contributed by atoms with van der Waals surface area (Å²) >= 11 is 3.24. The summed E-state index contributed by atoms with van der Waals surface area (Å²) in [5.74, 6) is 0. The van der Waals surface area contributed by atoms with Crippen LogP contribution in [0.3, 0.4) is 0 Å². The first-order valence-corrected chi connectivity index (χ1v) is 6.67. The van der Waals surface area contributed by atoms with Crippen molar-refractivity contribution in [3.05, 3.63) is 28.7 Å². The molecule has 2 N–H and O–H groups in total. The van der Waals surface area contributed by atoms with E-state index in [2.05, 4.69) is 20.7 Å². The van der Waals surface area contributed by atoms with Crippen molar-refractivity contribution >= 4 is 31.6 Å². The molecule has 0 heterocycles. The maximum atomic E-state index is 11.6. The minimum Gasteiger partial charge on any atom is -0.395 e. The van der Waals surface area contributed by atoms with Gasteiger partial charge >= 0.3 is 0 Å². The van der Waals surface area contributed by atoms with Crippen molar-refractivity contribution in [3.63, 3.8) is 0 Å². The molecule has 1 rings (SSSR count). The highest BCUT2D eigenvalue weighted by Crippen LogP contribution is 2.17. The molecule has 1 aromatic carbocycles. The van der Waals surface area contributed by atoms with Crippen molar-refractivity contribution in [1.29, 1.82) is 0 Å². The van der Waals surface area contributed by atoms with Crippen LogP contribution < -0.4 is 4.72 Å². The molecule has 0 radical (unpaired) electrons. The summed E-state index contributed by atoms with van der Waals surface area (Å²) in [6.45, 7) is 1.05. The molecule has 0 bridgehead atoms. The number of aliphatic hydroxyl groups excluding tert-OH is 1. The van der Waals surface area contributed by atoms with E-state index in [1.54, 1.807) is 24.3 Å². The summed E-state index contributed by atoms with van der Waals surface area (Å²) in [6, 6.07) is 6.83. The molecular formula is C9H12BrNO3S. The fourth-order valence-corrected chi connectivity index (χ4v) is 2.17. The second kappa shape index (κ2) is 4.96. The van der Waals surface area contributed by atoms with E-state index in [0.717, 1.165) is 4.47 Å². The second-order valence-electron chi connectivity index (χ2n) is 3.15. The number of anilines is 1. The first kappa shape index (κ1) is 12.5. The number of aliphatic hydroxyl groups is 1. The highest BCUT2D eigenvalue weighted by molar-refractivity contribution is 9.10. The Bertz CT molecular complexity index is 433. The van der Waals surface area contributed by atoms with Crippen LogP contribution in [0, 0.1) is 0 Å². The summed E-state index contributed by atoms with van der Waals surface area (Å²) in [4.78, 5) is 0. The molecule has 0 aromatic heterocycles. The van der Waals surface area contributed by atoms with Gasteiger partial charge in [0.05, 0.1) is 6.61 Å². The van der Waals surface area contributed by atoms with Gasteiger partial charge in [0.25, 0.3) is 0 Å². The van der Waals surface area contributed by atoms with Crippen LogP contribution in [-0.2, 0) is 10.0 Å². The Morgan fingerprint density at radius 2 is 2.20 bits per heavy atom. The highest BCUT2D eigenvalue weighted by atomic mass is 79.9. The zero-order valence-electron chi connectivity index (χ0n) is 8.14. The number of halogens is 1. The SMILES string of the molecule is CC(CO)S(=O)(=O)Nc1cccc(Br)c1. The van der Waals surface area contributed by atoms with Gasteiger partial charge in [-0.3, -0.25) is 4.72 Å². The van der Waals surface area contributed by atoms with Gasteiger partial charge in [-0.1, -0.05) is 22.0 Å². The fraction of sp³-hybridized carbons (Fsp3) is 0.333. The topological polar surface area (TPSA) is 66.4 Å². The van der Waals surface area contributed by atoms with Gasteiger partial charge in [-0.05, 0) is 25.1 Å². The minimum atomic E-state index is -3.50. The Balaban J connectivity index is 2.87. The molecular weight excluding hydrogens is 282 g/mol. The van der Waals surface area contributed by atoms with Crippen LogP contribution in [-0.4, -0.2) is 25.4 Å². The lowest BCUT2D eigenvalue weighted by Crippen LogP contribution is -2.28. The van der Waals surface area contributed by atoms with Crippen LogP contribution >= 0.6 is 15.9 Å². The summed E-state index contributed by atoms with van der Waals surface area (Å²) in [6.07, 6.45) is 0. The molecule has 0 aliphatic carbocycles. The number of benzene rings is 1. The molecule has 1 aromatic rings. The number of hydrogen-bond acceptors (Lipinski definition) is 3. The Morgan fingerprint density at radius 1 is 1.53 bits per heavy atom. The average molecular weight is 294 g/mol. The summed E-state index contributed by atoms with van der Waals surface area (Å²) in [5, 5.41) is 7.95. The molecule has 1 unspecified atom stereocenters. The summed E-state index contributed by atoms with van der Waals surface area (Å²) < 4.78 is 26.3. The van der Waals surface area contributed by atoms with Gasteiger partial charge in [-0.15, -0.1) is 0 Å². The highest BCUT2D eigenvalue weighted by Gasteiger charge is 2.19. The van der Waals surface area contributed by atoms with Crippen LogP contribution in [0.25, 0.3) is 0 Å². The minimum absolute atomic E-state index is 0.399. The molecule has 0 saturated carbocycles. The lowest BCUT2D eigenvalue weighted by Gasteiger charge is -2.12. The predicted molar refractivity (Wildman–Crippen MR) is 63.2 cm³/mol. The monoisotopic (exact) mass is 293 g/mol. The van der Waals surface area contributed by atoms with E-state index in [1.807, 2.05) is 0 Å². The molecule has 0 saturated heterocycles. The lowest BCUT2D eigenvalue weighted by molar-refractivity contribution is 0.296.